The minimum Gasteiger partial charge on any atom is -0.481 e. The quantitative estimate of drug-likeness (QED) is 0.736. The highest BCUT2D eigenvalue weighted by Crippen LogP contribution is 2.17. The van der Waals surface area contributed by atoms with Gasteiger partial charge in [0.2, 0.25) is 10.0 Å². The topological polar surface area (TPSA) is 112 Å². The van der Waals surface area contributed by atoms with Crippen LogP contribution in [0.15, 0.2) is 24.4 Å². The molecule has 3 N–H and O–H groups in total. The normalized spacial score (nSPS) is 11.6. The molecule has 1 aromatic heterocycles. The van der Waals surface area contributed by atoms with Gasteiger partial charge in [0.25, 0.3) is 0 Å². The van der Waals surface area contributed by atoms with Crippen molar-refractivity contribution in [2.75, 3.05) is 10.5 Å². The van der Waals surface area contributed by atoms with Crippen LogP contribution in [0, 0.1) is 0 Å². The monoisotopic (exact) mass is 283 g/mol. The van der Waals surface area contributed by atoms with E-state index in [0.29, 0.717) is 5.69 Å². The lowest BCUT2D eigenvalue weighted by Gasteiger charge is -2.07. The van der Waals surface area contributed by atoms with Crippen LogP contribution in [-0.2, 0) is 14.8 Å². The first-order valence-corrected chi connectivity index (χ1v) is 7.27. The van der Waals surface area contributed by atoms with Crippen LogP contribution in [0.25, 0.3) is 10.9 Å². The third-order valence-corrected chi connectivity index (χ3v) is 3.89. The molecule has 0 spiro atoms. The van der Waals surface area contributed by atoms with Crippen molar-refractivity contribution in [3.8, 4) is 0 Å². The molecule has 19 heavy (non-hydrogen) atoms. The van der Waals surface area contributed by atoms with Crippen molar-refractivity contribution in [1.82, 2.24) is 10.2 Å². The minimum atomic E-state index is -3.53. The number of nitrogens with one attached hydrogen (secondary N) is 2. The minimum absolute atomic E-state index is 0.0803. The van der Waals surface area contributed by atoms with Gasteiger partial charge >= 0.3 is 5.97 Å². The molecule has 0 saturated carbocycles. The van der Waals surface area contributed by atoms with Gasteiger partial charge in [0.05, 0.1) is 23.2 Å². The molecular formula is C11H13N3O4S. The summed E-state index contributed by atoms with van der Waals surface area (Å²) in [6.45, 7) is 0. The van der Waals surface area contributed by atoms with Gasteiger partial charge in [-0.1, -0.05) is 0 Å². The summed E-state index contributed by atoms with van der Waals surface area (Å²) in [4.78, 5) is 10.3. The van der Waals surface area contributed by atoms with Gasteiger partial charge in [-0.15, -0.1) is 0 Å². The number of H-pyrrole nitrogens is 1. The average molecular weight is 283 g/mol. The lowest BCUT2D eigenvalue weighted by atomic mass is 10.2. The van der Waals surface area contributed by atoms with E-state index in [1.165, 1.54) is 0 Å². The van der Waals surface area contributed by atoms with Crippen LogP contribution in [-0.4, -0.2) is 35.4 Å². The molecule has 0 bridgehead atoms. The van der Waals surface area contributed by atoms with Gasteiger partial charge in [0.1, 0.15) is 0 Å². The molecular weight excluding hydrogens is 270 g/mol. The molecule has 0 aliphatic carbocycles. The van der Waals surface area contributed by atoms with Crippen LogP contribution in [0.1, 0.15) is 12.8 Å². The van der Waals surface area contributed by atoms with Crippen LogP contribution in [0.5, 0.6) is 0 Å². The van der Waals surface area contributed by atoms with E-state index in [1.807, 2.05) is 0 Å². The molecule has 102 valence electrons. The Labute approximate surface area is 109 Å². The van der Waals surface area contributed by atoms with Crippen LogP contribution in [0.3, 0.4) is 0 Å². The van der Waals surface area contributed by atoms with E-state index in [9.17, 15) is 13.2 Å². The van der Waals surface area contributed by atoms with E-state index < -0.39 is 16.0 Å². The van der Waals surface area contributed by atoms with Crippen molar-refractivity contribution in [3.63, 3.8) is 0 Å². The Hall–Kier alpha value is -2.09. The predicted octanol–water partition coefficient (Wildman–Crippen LogP) is 1.17. The highest BCUT2D eigenvalue weighted by Gasteiger charge is 2.11. The van der Waals surface area contributed by atoms with Gasteiger partial charge in [-0.25, -0.2) is 8.42 Å². The zero-order valence-electron chi connectivity index (χ0n) is 9.96. The molecule has 8 heteroatoms. The number of anilines is 1. The number of aromatic nitrogens is 2. The first-order valence-electron chi connectivity index (χ1n) is 5.62. The number of carbonyl (C=O) groups is 1. The van der Waals surface area contributed by atoms with Crippen LogP contribution in [0.2, 0.25) is 0 Å². The summed E-state index contributed by atoms with van der Waals surface area (Å²) in [5.74, 6) is -1.23. The summed E-state index contributed by atoms with van der Waals surface area (Å²) in [6, 6.07) is 5.01. The standard InChI is InChI=1S/C11H13N3O4S/c15-11(16)2-1-5-19(17,18)14-9-4-3-8-7-12-13-10(8)6-9/h3-4,6-7,14H,1-2,5H2,(H,12,13)(H,15,16). The van der Waals surface area contributed by atoms with Gasteiger partial charge in [0, 0.05) is 11.8 Å². The third kappa shape index (κ3) is 3.68. The van der Waals surface area contributed by atoms with Crippen molar-refractivity contribution >= 4 is 32.6 Å². The summed E-state index contributed by atoms with van der Waals surface area (Å²) in [5.41, 5.74) is 1.15. The van der Waals surface area contributed by atoms with Crippen molar-refractivity contribution in [3.05, 3.63) is 24.4 Å². The first-order chi connectivity index (χ1) is 8.96. The van der Waals surface area contributed by atoms with E-state index in [-0.39, 0.29) is 18.6 Å². The summed E-state index contributed by atoms with van der Waals surface area (Å²) < 4.78 is 25.9. The molecule has 2 rings (SSSR count). The molecule has 0 aliphatic heterocycles. The number of hydrogen-bond acceptors (Lipinski definition) is 4. The molecule has 0 unspecified atom stereocenters. The molecule has 0 aliphatic rings. The number of carboxylic acids is 1. The highest BCUT2D eigenvalue weighted by molar-refractivity contribution is 7.92. The number of hydrogen-bond donors (Lipinski definition) is 3. The van der Waals surface area contributed by atoms with Gasteiger partial charge in [-0.05, 0) is 24.6 Å². The Balaban J connectivity index is 2.04. The molecule has 7 nitrogen and oxygen atoms in total. The van der Waals surface area contributed by atoms with Gasteiger partial charge in [-0.2, -0.15) is 5.10 Å². The molecule has 0 amide bonds. The second-order valence-corrected chi connectivity index (χ2v) is 5.93. The summed E-state index contributed by atoms with van der Waals surface area (Å²) in [6.07, 6.45) is 1.55. The number of sulfonamides is 1. The molecule has 1 aromatic carbocycles. The van der Waals surface area contributed by atoms with Crippen molar-refractivity contribution in [2.24, 2.45) is 0 Å². The number of nitrogens with zero attached hydrogens (tertiary/aromatic N) is 1. The lowest BCUT2D eigenvalue weighted by Crippen LogP contribution is -2.17. The summed E-state index contributed by atoms with van der Waals surface area (Å²) in [7, 11) is -3.53. The van der Waals surface area contributed by atoms with Gasteiger partial charge in [0.15, 0.2) is 0 Å². The number of aromatic amines is 1. The number of aliphatic carboxylic acids is 1. The van der Waals surface area contributed by atoms with Crippen molar-refractivity contribution in [1.29, 1.82) is 0 Å². The second kappa shape index (κ2) is 5.27. The summed E-state index contributed by atoms with van der Waals surface area (Å²) in [5, 5.41) is 15.9. The van der Waals surface area contributed by atoms with Crippen LogP contribution < -0.4 is 4.72 Å². The highest BCUT2D eigenvalue weighted by atomic mass is 32.2. The Kier molecular flexibility index (Phi) is 3.70. The Morgan fingerprint density at radius 3 is 2.95 bits per heavy atom. The van der Waals surface area contributed by atoms with Crippen LogP contribution >= 0.6 is 0 Å². The molecule has 2 aromatic rings. The Morgan fingerprint density at radius 1 is 1.42 bits per heavy atom. The van der Waals surface area contributed by atoms with Gasteiger partial charge in [-0.3, -0.25) is 14.6 Å². The number of benzene rings is 1. The zero-order chi connectivity index (χ0) is 13.9. The fourth-order valence-electron chi connectivity index (χ4n) is 1.64. The smallest absolute Gasteiger partial charge is 0.303 e. The van der Waals surface area contributed by atoms with E-state index in [2.05, 4.69) is 14.9 Å². The lowest BCUT2D eigenvalue weighted by molar-refractivity contribution is -0.137. The zero-order valence-corrected chi connectivity index (χ0v) is 10.8. The van der Waals surface area contributed by atoms with Crippen molar-refractivity contribution in [2.45, 2.75) is 12.8 Å². The fraction of sp³-hybridized carbons (Fsp3) is 0.273. The van der Waals surface area contributed by atoms with E-state index in [4.69, 9.17) is 5.11 Å². The maximum Gasteiger partial charge on any atom is 0.303 e. The van der Waals surface area contributed by atoms with E-state index >= 15 is 0 Å². The number of carboxylic acid groups (broad SMARTS) is 1. The average Bonchev–Trinajstić information content (AvgIpc) is 2.74. The molecule has 0 radical (unpaired) electrons. The van der Waals surface area contributed by atoms with Gasteiger partial charge < -0.3 is 5.11 Å². The number of rotatable bonds is 6. The largest absolute Gasteiger partial charge is 0.481 e. The third-order valence-electron chi connectivity index (χ3n) is 2.52. The predicted molar refractivity (Wildman–Crippen MR) is 70.4 cm³/mol. The molecule has 0 fully saturated rings. The molecule has 0 atom stereocenters. The molecule has 1 heterocycles. The van der Waals surface area contributed by atoms with E-state index in [0.717, 1.165) is 10.9 Å². The van der Waals surface area contributed by atoms with Crippen LogP contribution in [0.4, 0.5) is 5.69 Å². The number of fused-ring (bicyclic) bond motifs is 1. The molecule has 0 saturated heterocycles. The first kappa shape index (κ1) is 13.3. The SMILES string of the molecule is O=C(O)CCCS(=O)(=O)Nc1ccc2cn[nH]c2c1. The van der Waals surface area contributed by atoms with E-state index in [1.54, 1.807) is 24.4 Å². The second-order valence-electron chi connectivity index (χ2n) is 4.09. The maximum absolute atomic E-state index is 11.7. The maximum atomic E-state index is 11.7. The Morgan fingerprint density at radius 2 is 2.21 bits per heavy atom. The Bertz CT molecular complexity index is 693. The van der Waals surface area contributed by atoms with Crippen molar-refractivity contribution < 1.29 is 18.3 Å². The fourth-order valence-corrected chi connectivity index (χ4v) is 2.76. The summed E-state index contributed by atoms with van der Waals surface area (Å²) >= 11 is 0.